The number of carbonyl (C=O) groups excluding carboxylic acids is 1. The lowest BCUT2D eigenvalue weighted by Crippen LogP contribution is -2.46. The van der Waals surface area contributed by atoms with Crippen LogP contribution in [0.5, 0.6) is 5.75 Å². The molecule has 0 saturated heterocycles. The highest BCUT2D eigenvalue weighted by molar-refractivity contribution is 5.81. The van der Waals surface area contributed by atoms with Gasteiger partial charge in [-0.25, -0.2) is 0 Å². The van der Waals surface area contributed by atoms with E-state index in [4.69, 9.17) is 4.74 Å². The first-order valence-electron chi connectivity index (χ1n) is 7.59. The van der Waals surface area contributed by atoms with Crippen LogP contribution in [0.15, 0.2) is 18.2 Å². The van der Waals surface area contributed by atoms with Crippen molar-refractivity contribution in [1.82, 2.24) is 10.6 Å². The van der Waals surface area contributed by atoms with Crippen molar-refractivity contribution in [1.29, 1.82) is 0 Å². The SMILES string of the molecule is CNC1CCc2cc(OC(C)C(=O)NC(C)(C)C)ccc21. The Hall–Kier alpha value is -1.55. The smallest absolute Gasteiger partial charge is 0.261 e. The molecule has 1 aliphatic rings. The number of benzene rings is 1. The van der Waals surface area contributed by atoms with Gasteiger partial charge in [0, 0.05) is 11.6 Å². The molecule has 0 heterocycles. The number of amides is 1. The molecule has 1 aliphatic carbocycles. The Labute approximate surface area is 127 Å². The predicted octanol–water partition coefficient (Wildman–Crippen LogP) is 2.58. The molecule has 0 bridgehead atoms. The Morgan fingerprint density at radius 3 is 2.71 bits per heavy atom. The highest BCUT2D eigenvalue weighted by atomic mass is 16.5. The molecular formula is C17H26N2O2. The van der Waals surface area contributed by atoms with E-state index >= 15 is 0 Å². The van der Waals surface area contributed by atoms with Gasteiger partial charge in [0.2, 0.25) is 0 Å². The molecule has 2 N–H and O–H groups in total. The summed E-state index contributed by atoms with van der Waals surface area (Å²) in [6.45, 7) is 7.67. The topological polar surface area (TPSA) is 50.4 Å². The van der Waals surface area contributed by atoms with Crippen molar-refractivity contribution in [3.8, 4) is 5.75 Å². The molecule has 1 amide bonds. The molecule has 1 aromatic carbocycles. The first-order chi connectivity index (χ1) is 9.80. The van der Waals surface area contributed by atoms with Crippen LogP contribution in [0.1, 0.15) is 51.3 Å². The summed E-state index contributed by atoms with van der Waals surface area (Å²) in [5.41, 5.74) is 2.42. The molecule has 0 spiro atoms. The molecule has 2 unspecified atom stereocenters. The molecule has 4 nitrogen and oxygen atoms in total. The average Bonchev–Trinajstić information content (AvgIpc) is 2.78. The van der Waals surface area contributed by atoms with Gasteiger partial charge in [0.1, 0.15) is 5.75 Å². The molecule has 4 heteroatoms. The lowest BCUT2D eigenvalue weighted by Gasteiger charge is -2.23. The summed E-state index contributed by atoms with van der Waals surface area (Å²) in [7, 11) is 1.99. The Bertz CT molecular complexity index is 520. The lowest BCUT2D eigenvalue weighted by atomic mass is 10.1. The van der Waals surface area contributed by atoms with Crippen LogP contribution in [0.25, 0.3) is 0 Å². The maximum atomic E-state index is 12.0. The molecular weight excluding hydrogens is 264 g/mol. The number of carbonyl (C=O) groups is 1. The van der Waals surface area contributed by atoms with Crippen molar-refractivity contribution in [3.63, 3.8) is 0 Å². The summed E-state index contributed by atoms with van der Waals surface area (Å²) < 4.78 is 5.78. The van der Waals surface area contributed by atoms with Crippen LogP contribution in [-0.4, -0.2) is 24.6 Å². The van der Waals surface area contributed by atoms with E-state index in [1.54, 1.807) is 6.92 Å². The van der Waals surface area contributed by atoms with Gasteiger partial charge in [-0.2, -0.15) is 0 Å². The maximum Gasteiger partial charge on any atom is 0.261 e. The molecule has 0 aliphatic heterocycles. The van der Waals surface area contributed by atoms with E-state index in [0.717, 1.165) is 18.6 Å². The highest BCUT2D eigenvalue weighted by Gasteiger charge is 2.23. The lowest BCUT2D eigenvalue weighted by molar-refractivity contribution is -0.128. The van der Waals surface area contributed by atoms with Gasteiger partial charge in [0.25, 0.3) is 5.91 Å². The molecule has 0 fully saturated rings. The number of hydrogen-bond acceptors (Lipinski definition) is 3. The van der Waals surface area contributed by atoms with Crippen LogP contribution in [0.4, 0.5) is 0 Å². The fourth-order valence-electron chi connectivity index (χ4n) is 2.70. The Kier molecular flexibility index (Phi) is 4.57. The largest absolute Gasteiger partial charge is 0.481 e. The van der Waals surface area contributed by atoms with Crippen LogP contribution in [-0.2, 0) is 11.2 Å². The van der Waals surface area contributed by atoms with Gasteiger partial charge >= 0.3 is 0 Å². The molecule has 0 aromatic heterocycles. The number of nitrogens with one attached hydrogen (secondary N) is 2. The van der Waals surface area contributed by atoms with E-state index in [9.17, 15) is 4.79 Å². The number of rotatable bonds is 4. The monoisotopic (exact) mass is 290 g/mol. The number of fused-ring (bicyclic) bond motifs is 1. The van der Waals surface area contributed by atoms with Crippen molar-refractivity contribution >= 4 is 5.91 Å². The third-order valence-electron chi connectivity index (χ3n) is 3.72. The van der Waals surface area contributed by atoms with Crippen molar-refractivity contribution < 1.29 is 9.53 Å². The molecule has 1 aromatic rings. The van der Waals surface area contributed by atoms with Gasteiger partial charge in [-0.15, -0.1) is 0 Å². The molecule has 2 rings (SSSR count). The second-order valence-corrected chi connectivity index (χ2v) is 6.74. The van der Waals surface area contributed by atoms with E-state index in [-0.39, 0.29) is 11.4 Å². The quantitative estimate of drug-likeness (QED) is 0.896. The molecule has 2 atom stereocenters. The highest BCUT2D eigenvalue weighted by Crippen LogP contribution is 2.33. The molecule has 0 radical (unpaired) electrons. The first kappa shape index (κ1) is 15.8. The minimum Gasteiger partial charge on any atom is -0.481 e. The Morgan fingerprint density at radius 1 is 1.38 bits per heavy atom. The Balaban J connectivity index is 2.02. The van der Waals surface area contributed by atoms with E-state index in [2.05, 4.69) is 22.8 Å². The molecule has 116 valence electrons. The zero-order valence-electron chi connectivity index (χ0n) is 13.6. The fourth-order valence-corrected chi connectivity index (χ4v) is 2.70. The minimum atomic E-state index is -0.497. The van der Waals surface area contributed by atoms with E-state index in [1.807, 2.05) is 33.9 Å². The second kappa shape index (κ2) is 6.06. The van der Waals surface area contributed by atoms with Crippen LogP contribution in [0.2, 0.25) is 0 Å². The van der Waals surface area contributed by atoms with Gasteiger partial charge in [-0.1, -0.05) is 6.07 Å². The zero-order chi connectivity index (χ0) is 15.6. The van der Waals surface area contributed by atoms with E-state index < -0.39 is 6.10 Å². The summed E-state index contributed by atoms with van der Waals surface area (Å²) in [4.78, 5) is 12.0. The standard InChI is InChI=1S/C17H26N2O2/c1-11(16(20)19-17(2,3)4)21-13-7-8-14-12(10-13)6-9-15(14)18-5/h7-8,10-11,15,18H,6,9H2,1-5H3,(H,19,20). The summed E-state index contributed by atoms with van der Waals surface area (Å²) in [5.74, 6) is 0.679. The third kappa shape index (κ3) is 3.97. The molecule has 21 heavy (non-hydrogen) atoms. The zero-order valence-corrected chi connectivity index (χ0v) is 13.6. The summed E-state index contributed by atoms with van der Waals surface area (Å²) >= 11 is 0. The van der Waals surface area contributed by atoms with Crippen LogP contribution in [0, 0.1) is 0 Å². The number of aryl methyl sites for hydroxylation is 1. The van der Waals surface area contributed by atoms with Gasteiger partial charge in [-0.05, 0) is 70.8 Å². The van der Waals surface area contributed by atoms with Gasteiger partial charge in [-0.3, -0.25) is 4.79 Å². The van der Waals surface area contributed by atoms with Crippen LogP contribution >= 0.6 is 0 Å². The van der Waals surface area contributed by atoms with E-state index in [0.29, 0.717) is 6.04 Å². The maximum absolute atomic E-state index is 12.0. The van der Waals surface area contributed by atoms with Crippen molar-refractivity contribution in [2.24, 2.45) is 0 Å². The number of ether oxygens (including phenoxy) is 1. The predicted molar refractivity (Wildman–Crippen MR) is 84.5 cm³/mol. The average molecular weight is 290 g/mol. The third-order valence-corrected chi connectivity index (χ3v) is 3.72. The normalized spacial score (nSPS) is 19.0. The molecule has 0 saturated carbocycles. The second-order valence-electron chi connectivity index (χ2n) is 6.74. The first-order valence-corrected chi connectivity index (χ1v) is 7.59. The van der Waals surface area contributed by atoms with Crippen molar-refractivity contribution in [2.45, 2.75) is 58.2 Å². The summed E-state index contributed by atoms with van der Waals surface area (Å²) in [6.07, 6.45) is 1.68. The fraction of sp³-hybridized carbons (Fsp3) is 0.588. The van der Waals surface area contributed by atoms with Gasteiger partial charge in [0.05, 0.1) is 0 Å². The summed E-state index contributed by atoms with van der Waals surface area (Å²) in [5, 5.41) is 6.25. The van der Waals surface area contributed by atoms with E-state index in [1.165, 1.54) is 11.1 Å². The van der Waals surface area contributed by atoms with Gasteiger partial charge in [0.15, 0.2) is 6.10 Å². The van der Waals surface area contributed by atoms with Crippen molar-refractivity contribution in [3.05, 3.63) is 29.3 Å². The Morgan fingerprint density at radius 2 is 2.10 bits per heavy atom. The number of hydrogen-bond donors (Lipinski definition) is 2. The van der Waals surface area contributed by atoms with Gasteiger partial charge < -0.3 is 15.4 Å². The van der Waals surface area contributed by atoms with Crippen molar-refractivity contribution in [2.75, 3.05) is 7.05 Å². The van der Waals surface area contributed by atoms with Crippen LogP contribution < -0.4 is 15.4 Å². The van der Waals surface area contributed by atoms with Crippen LogP contribution in [0.3, 0.4) is 0 Å². The summed E-state index contributed by atoms with van der Waals surface area (Å²) in [6, 6.07) is 6.56. The minimum absolute atomic E-state index is 0.0869.